The molecule has 0 aliphatic rings. The van der Waals surface area contributed by atoms with E-state index in [1.807, 2.05) is 26.8 Å². The van der Waals surface area contributed by atoms with Crippen molar-refractivity contribution < 1.29 is 4.79 Å². The Morgan fingerprint density at radius 1 is 1.32 bits per heavy atom. The first-order valence-electron chi connectivity index (χ1n) is 6.40. The van der Waals surface area contributed by atoms with Crippen LogP contribution in [-0.4, -0.2) is 26.7 Å². The van der Waals surface area contributed by atoms with E-state index in [1.165, 1.54) is 0 Å². The number of amides is 1. The van der Waals surface area contributed by atoms with Crippen LogP contribution in [0.4, 0.5) is 5.69 Å². The summed E-state index contributed by atoms with van der Waals surface area (Å²) in [6, 6.07) is 4.80. The van der Waals surface area contributed by atoms with Gasteiger partial charge in [-0.05, 0) is 23.6 Å². The molecule has 0 saturated carbocycles. The van der Waals surface area contributed by atoms with Crippen LogP contribution in [0.5, 0.6) is 0 Å². The van der Waals surface area contributed by atoms with Crippen LogP contribution in [0.3, 0.4) is 0 Å². The van der Waals surface area contributed by atoms with Crippen LogP contribution in [0.2, 0.25) is 0 Å². The van der Waals surface area contributed by atoms with Crippen molar-refractivity contribution in [3.8, 4) is 5.82 Å². The van der Waals surface area contributed by atoms with Gasteiger partial charge in [-0.15, -0.1) is 24.8 Å². The van der Waals surface area contributed by atoms with E-state index in [4.69, 9.17) is 5.73 Å². The van der Waals surface area contributed by atoms with Crippen molar-refractivity contribution in [2.24, 2.45) is 11.1 Å². The highest BCUT2D eigenvalue weighted by atomic mass is 35.5. The lowest BCUT2D eigenvalue weighted by Gasteiger charge is -2.25. The van der Waals surface area contributed by atoms with Gasteiger partial charge in [-0.25, -0.2) is 9.67 Å². The second-order valence-electron chi connectivity index (χ2n) is 5.69. The molecule has 6 nitrogen and oxygen atoms in total. The maximum absolute atomic E-state index is 12.0. The average Bonchev–Trinajstić information content (AvgIpc) is 2.91. The van der Waals surface area contributed by atoms with Gasteiger partial charge >= 0.3 is 0 Å². The number of carbonyl (C=O) groups is 1. The first-order valence-corrected chi connectivity index (χ1v) is 6.40. The quantitative estimate of drug-likeness (QED) is 0.894. The molecular formula is C14H21Cl2N5O. The van der Waals surface area contributed by atoms with E-state index >= 15 is 0 Å². The van der Waals surface area contributed by atoms with Gasteiger partial charge in [-0.1, -0.05) is 20.8 Å². The first kappa shape index (κ1) is 20.4. The Morgan fingerprint density at radius 3 is 2.45 bits per heavy atom. The van der Waals surface area contributed by atoms with Crippen molar-refractivity contribution in [1.82, 2.24) is 14.8 Å². The van der Waals surface area contributed by atoms with E-state index in [1.54, 1.807) is 35.4 Å². The molecule has 2 rings (SSSR count). The van der Waals surface area contributed by atoms with Crippen molar-refractivity contribution in [3.63, 3.8) is 0 Å². The molecule has 0 radical (unpaired) electrons. The number of halogens is 2. The summed E-state index contributed by atoms with van der Waals surface area (Å²) >= 11 is 0. The third-order valence-corrected chi connectivity index (χ3v) is 2.97. The average molecular weight is 346 g/mol. The van der Waals surface area contributed by atoms with E-state index in [0.717, 1.165) is 0 Å². The molecule has 2 aromatic heterocycles. The van der Waals surface area contributed by atoms with Crippen LogP contribution >= 0.6 is 24.8 Å². The van der Waals surface area contributed by atoms with Crippen LogP contribution in [0.25, 0.3) is 5.82 Å². The van der Waals surface area contributed by atoms with E-state index in [2.05, 4.69) is 15.4 Å². The normalized spacial score (nSPS) is 11.8. The summed E-state index contributed by atoms with van der Waals surface area (Å²) < 4.78 is 1.65. The van der Waals surface area contributed by atoms with Crippen molar-refractivity contribution >= 4 is 36.4 Å². The summed E-state index contributed by atoms with van der Waals surface area (Å²) in [5, 5.41) is 6.85. The predicted molar refractivity (Wildman–Crippen MR) is 91.9 cm³/mol. The lowest BCUT2D eigenvalue weighted by Crippen LogP contribution is -2.45. The highest BCUT2D eigenvalue weighted by Crippen LogP contribution is 2.19. The molecule has 0 spiro atoms. The monoisotopic (exact) mass is 345 g/mol. The molecule has 0 aliphatic carbocycles. The van der Waals surface area contributed by atoms with Crippen molar-refractivity contribution in [2.45, 2.75) is 26.8 Å². The number of rotatable bonds is 3. The summed E-state index contributed by atoms with van der Waals surface area (Å²) in [5.41, 5.74) is 6.23. The Kier molecular flexibility index (Phi) is 7.52. The molecule has 3 N–H and O–H groups in total. The van der Waals surface area contributed by atoms with E-state index in [0.29, 0.717) is 11.5 Å². The minimum Gasteiger partial charge on any atom is -0.323 e. The molecular weight excluding hydrogens is 325 g/mol. The van der Waals surface area contributed by atoms with E-state index in [-0.39, 0.29) is 36.1 Å². The highest BCUT2D eigenvalue weighted by Gasteiger charge is 2.27. The number of pyridine rings is 1. The smallest absolute Gasteiger partial charge is 0.241 e. The van der Waals surface area contributed by atoms with Crippen LogP contribution in [0, 0.1) is 5.41 Å². The Labute approximate surface area is 142 Å². The summed E-state index contributed by atoms with van der Waals surface area (Å²) in [6.45, 7) is 5.78. The largest absolute Gasteiger partial charge is 0.323 e. The molecule has 0 bridgehead atoms. The highest BCUT2D eigenvalue weighted by molar-refractivity contribution is 5.95. The standard InChI is InChI=1S/C14H19N5O.2ClH/c1-14(2,3)12(15)13(20)18-10-5-6-11(16-9-10)19-8-4-7-17-19;;/h4-9,12H,15H2,1-3H3,(H,18,20);2*1H/t12-;;/m1../s1. The lowest BCUT2D eigenvalue weighted by atomic mass is 9.87. The topological polar surface area (TPSA) is 85.8 Å². The third-order valence-electron chi connectivity index (χ3n) is 2.97. The van der Waals surface area contributed by atoms with Gasteiger partial charge in [0.1, 0.15) is 0 Å². The number of anilines is 1. The van der Waals surface area contributed by atoms with Gasteiger partial charge in [-0.3, -0.25) is 4.79 Å². The zero-order chi connectivity index (χ0) is 14.8. The van der Waals surface area contributed by atoms with Crippen LogP contribution < -0.4 is 11.1 Å². The minimum absolute atomic E-state index is 0. The maximum atomic E-state index is 12.0. The Morgan fingerprint density at radius 2 is 2.00 bits per heavy atom. The van der Waals surface area contributed by atoms with Gasteiger partial charge in [-0.2, -0.15) is 5.10 Å². The number of nitrogens with one attached hydrogen (secondary N) is 1. The van der Waals surface area contributed by atoms with Crippen molar-refractivity contribution in [1.29, 1.82) is 0 Å². The summed E-state index contributed by atoms with van der Waals surface area (Å²) in [5.74, 6) is 0.472. The number of hydrogen-bond donors (Lipinski definition) is 2. The fraction of sp³-hybridized carbons (Fsp3) is 0.357. The Balaban J connectivity index is 0.00000220. The molecule has 1 atom stereocenters. The van der Waals surface area contributed by atoms with Gasteiger partial charge in [0.05, 0.1) is 17.9 Å². The molecule has 0 aliphatic heterocycles. The summed E-state index contributed by atoms with van der Waals surface area (Å²) in [4.78, 5) is 16.2. The molecule has 0 aromatic carbocycles. The third kappa shape index (κ3) is 4.98. The van der Waals surface area contributed by atoms with Gasteiger partial charge in [0, 0.05) is 12.4 Å². The fourth-order valence-electron chi connectivity index (χ4n) is 1.61. The zero-order valence-corrected chi connectivity index (χ0v) is 14.3. The molecule has 0 saturated heterocycles. The summed E-state index contributed by atoms with van der Waals surface area (Å²) in [6.07, 6.45) is 5.07. The van der Waals surface area contributed by atoms with E-state index < -0.39 is 6.04 Å². The number of hydrogen-bond acceptors (Lipinski definition) is 4. The molecule has 8 heteroatoms. The Hall–Kier alpha value is -1.63. The van der Waals surface area contributed by atoms with Crippen LogP contribution in [-0.2, 0) is 4.79 Å². The zero-order valence-electron chi connectivity index (χ0n) is 12.7. The maximum Gasteiger partial charge on any atom is 0.241 e. The lowest BCUT2D eigenvalue weighted by molar-refractivity contribution is -0.119. The molecule has 122 valence electrons. The number of nitrogens with two attached hydrogens (primary N) is 1. The van der Waals surface area contributed by atoms with Gasteiger partial charge in [0.2, 0.25) is 5.91 Å². The molecule has 2 heterocycles. The predicted octanol–water partition coefficient (Wildman–Crippen LogP) is 2.42. The molecule has 0 unspecified atom stereocenters. The van der Waals surface area contributed by atoms with Crippen molar-refractivity contribution in [3.05, 3.63) is 36.8 Å². The van der Waals surface area contributed by atoms with Gasteiger partial charge in [0.15, 0.2) is 5.82 Å². The fourth-order valence-corrected chi connectivity index (χ4v) is 1.61. The first-order chi connectivity index (χ1) is 9.38. The molecule has 0 fully saturated rings. The SMILES string of the molecule is CC(C)(C)[C@H](N)C(=O)Nc1ccc(-n2cccn2)nc1.Cl.Cl. The number of aromatic nitrogens is 3. The molecule has 2 aromatic rings. The van der Waals surface area contributed by atoms with Gasteiger partial charge in [0.25, 0.3) is 0 Å². The Bertz CT molecular complexity index is 578. The number of carbonyl (C=O) groups excluding carboxylic acids is 1. The van der Waals surface area contributed by atoms with Crippen molar-refractivity contribution in [2.75, 3.05) is 5.32 Å². The van der Waals surface area contributed by atoms with Crippen LogP contribution in [0.1, 0.15) is 20.8 Å². The second-order valence-corrected chi connectivity index (χ2v) is 5.69. The van der Waals surface area contributed by atoms with E-state index in [9.17, 15) is 4.79 Å². The van der Waals surface area contributed by atoms with Gasteiger partial charge < -0.3 is 11.1 Å². The second kappa shape index (κ2) is 8.12. The summed E-state index contributed by atoms with van der Waals surface area (Å²) in [7, 11) is 0. The molecule has 22 heavy (non-hydrogen) atoms. The molecule has 1 amide bonds. The minimum atomic E-state index is -0.576. The van der Waals surface area contributed by atoms with Crippen LogP contribution in [0.15, 0.2) is 36.8 Å². The number of nitrogens with zero attached hydrogens (tertiary/aromatic N) is 3.